The smallest absolute Gasteiger partial charge is 0.408 e. The van der Waals surface area contributed by atoms with E-state index >= 15 is 0 Å². The number of benzene rings is 1. The number of sulfone groups is 1. The van der Waals surface area contributed by atoms with Crippen LogP contribution in [0.2, 0.25) is 10.0 Å². The summed E-state index contributed by atoms with van der Waals surface area (Å²) in [5, 5.41) is 10.2. The number of hydrogen-bond acceptors (Lipinski definition) is 7. The van der Waals surface area contributed by atoms with Gasteiger partial charge in [0, 0.05) is 10.0 Å². The molecule has 1 aromatic carbocycles. The predicted molar refractivity (Wildman–Crippen MR) is 113 cm³/mol. The van der Waals surface area contributed by atoms with E-state index in [0.717, 1.165) is 0 Å². The Morgan fingerprint density at radius 2 is 1.90 bits per heavy atom. The van der Waals surface area contributed by atoms with Crippen LogP contribution < -0.4 is 5.32 Å². The van der Waals surface area contributed by atoms with Crippen LogP contribution in [0, 0.1) is 5.92 Å². The Morgan fingerprint density at radius 1 is 1.23 bits per heavy atom. The first kappa shape index (κ1) is 24.4. The first-order chi connectivity index (χ1) is 13.8. The number of alkyl carbamates (subject to hydrolysis) is 1. The normalized spacial score (nSPS) is 13.3. The number of hydrogen-bond donors (Lipinski definition) is 1. The highest BCUT2D eigenvalue weighted by Crippen LogP contribution is 2.27. The third kappa shape index (κ3) is 7.14. The van der Waals surface area contributed by atoms with Gasteiger partial charge in [0.2, 0.25) is 15.7 Å². The van der Waals surface area contributed by atoms with Crippen LogP contribution in [0.1, 0.15) is 58.5 Å². The molecule has 0 aliphatic carbocycles. The molecule has 0 aliphatic rings. The quantitative estimate of drug-likeness (QED) is 0.599. The van der Waals surface area contributed by atoms with Crippen molar-refractivity contribution in [1.82, 2.24) is 15.5 Å². The molecule has 0 radical (unpaired) electrons. The fourth-order valence-electron chi connectivity index (χ4n) is 2.53. The maximum Gasteiger partial charge on any atom is 0.408 e. The van der Waals surface area contributed by atoms with Gasteiger partial charge in [-0.25, -0.2) is 13.2 Å². The molecule has 8 nitrogen and oxygen atoms in total. The summed E-state index contributed by atoms with van der Waals surface area (Å²) in [6.45, 7) is 9.11. The maximum atomic E-state index is 12.7. The van der Waals surface area contributed by atoms with Crippen LogP contribution in [-0.2, 0) is 20.3 Å². The minimum Gasteiger partial charge on any atom is -0.444 e. The molecule has 0 aliphatic heterocycles. The minimum absolute atomic E-state index is 0.0182. The summed E-state index contributed by atoms with van der Waals surface area (Å²) in [5.41, 5.74) is -0.334. The summed E-state index contributed by atoms with van der Waals surface area (Å²) >= 11 is 11.9. The third-order valence-corrected chi connectivity index (χ3v) is 5.72. The van der Waals surface area contributed by atoms with Crippen LogP contribution >= 0.6 is 23.2 Å². The van der Waals surface area contributed by atoms with E-state index in [2.05, 4.69) is 15.5 Å². The van der Waals surface area contributed by atoms with Gasteiger partial charge in [0.1, 0.15) is 11.6 Å². The van der Waals surface area contributed by atoms with Crippen LogP contribution in [0.4, 0.5) is 4.79 Å². The summed E-state index contributed by atoms with van der Waals surface area (Å²) in [4.78, 5) is 12.2. The molecule has 166 valence electrons. The molecule has 0 spiro atoms. The molecule has 2 rings (SSSR count). The molecule has 0 saturated carbocycles. The van der Waals surface area contributed by atoms with Gasteiger partial charge in [0.15, 0.2) is 0 Å². The van der Waals surface area contributed by atoms with Gasteiger partial charge in [-0.15, -0.1) is 5.10 Å². The molecule has 0 saturated heterocycles. The van der Waals surface area contributed by atoms with Gasteiger partial charge in [-0.2, -0.15) is 0 Å². The zero-order valence-corrected chi connectivity index (χ0v) is 19.7. The highest BCUT2D eigenvalue weighted by Gasteiger charge is 2.29. The lowest BCUT2D eigenvalue weighted by Crippen LogP contribution is -2.35. The van der Waals surface area contributed by atoms with E-state index in [1.165, 1.54) is 12.1 Å². The molecule has 0 bridgehead atoms. The number of nitrogens with zero attached hydrogens (tertiary/aromatic N) is 2. The van der Waals surface area contributed by atoms with E-state index in [1.807, 2.05) is 13.8 Å². The van der Waals surface area contributed by atoms with Gasteiger partial charge in [-0.05, 0) is 50.8 Å². The van der Waals surface area contributed by atoms with Crippen molar-refractivity contribution in [2.45, 2.75) is 63.7 Å². The summed E-state index contributed by atoms with van der Waals surface area (Å²) in [5.74, 6) is -0.293. The Labute approximate surface area is 186 Å². The van der Waals surface area contributed by atoms with E-state index in [-0.39, 0.29) is 16.8 Å². The number of rotatable bonds is 7. The fourth-order valence-corrected chi connectivity index (χ4v) is 4.25. The summed E-state index contributed by atoms with van der Waals surface area (Å²) < 4.78 is 36.1. The van der Waals surface area contributed by atoms with Crippen LogP contribution in [-0.4, -0.2) is 30.3 Å². The van der Waals surface area contributed by atoms with Crippen molar-refractivity contribution in [3.8, 4) is 0 Å². The highest BCUT2D eigenvalue weighted by atomic mass is 35.5. The minimum atomic E-state index is -3.96. The number of aromatic nitrogens is 2. The SMILES string of the molecule is CC(C)C[C@H](NC(=O)OC(C)(C)C)c1nnc(S(=O)(=O)Cc2ccc(Cl)cc2Cl)o1. The summed E-state index contributed by atoms with van der Waals surface area (Å²) in [6.07, 6.45) is -0.215. The van der Waals surface area contributed by atoms with Gasteiger partial charge in [0.25, 0.3) is 0 Å². The molecule has 1 atom stereocenters. The van der Waals surface area contributed by atoms with Crippen LogP contribution in [0.15, 0.2) is 27.8 Å². The molecular weight excluding hydrogens is 453 g/mol. The molecule has 1 heterocycles. The molecule has 2 aromatic rings. The second-order valence-electron chi connectivity index (χ2n) is 8.23. The number of ether oxygens (including phenoxy) is 1. The molecule has 0 unspecified atom stereocenters. The van der Waals surface area contributed by atoms with Crippen molar-refractivity contribution in [3.63, 3.8) is 0 Å². The standard InChI is InChI=1S/C19H25Cl2N3O5S/c1-11(2)8-15(22-17(25)29-19(3,4)5)16-23-24-18(28-16)30(26,27)10-12-6-7-13(20)9-14(12)21/h6-7,9,11,15H,8,10H2,1-5H3,(H,22,25)/t15-/m0/s1. The van der Waals surface area contributed by atoms with Gasteiger partial charge in [-0.3, -0.25) is 0 Å². The average molecular weight is 478 g/mol. The Balaban J connectivity index is 2.24. The van der Waals surface area contributed by atoms with Crippen molar-refractivity contribution in [3.05, 3.63) is 39.7 Å². The Hall–Kier alpha value is -1.84. The Morgan fingerprint density at radius 3 is 2.47 bits per heavy atom. The summed E-state index contributed by atoms with van der Waals surface area (Å²) in [7, 11) is -3.96. The number of amides is 1. The van der Waals surface area contributed by atoms with Crippen molar-refractivity contribution in [2.24, 2.45) is 5.92 Å². The van der Waals surface area contributed by atoms with E-state index < -0.39 is 38.5 Å². The maximum absolute atomic E-state index is 12.7. The third-order valence-electron chi connectivity index (χ3n) is 3.74. The van der Waals surface area contributed by atoms with Gasteiger partial charge < -0.3 is 14.5 Å². The van der Waals surface area contributed by atoms with Crippen molar-refractivity contribution >= 4 is 39.1 Å². The molecule has 11 heteroatoms. The second kappa shape index (κ2) is 9.53. The van der Waals surface area contributed by atoms with Gasteiger partial charge in [-0.1, -0.05) is 48.2 Å². The second-order valence-corrected chi connectivity index (χ2v) is 10.9. The van der Waals surface area contributed by atoms with Crippen molar-refractivity contribution in [2.75, 3.05) is 0 Å². The van der Waals surface area contributed by atoms with Gasteiger partial charge in [0.05, 0.1) is 5.75 Å². The van der Waals surface area contributed by atoms with Crippen LogP contribution in [0.3, 0.4) is 0 Å². The Bertz CT molecular complexity index is 1000. The van der Waals surface area contributed by atoms with E-state index in [1.54, 1.807) is 26.8 Å². The van der Waals surface area contributed by atoms with E-state index in [4.69, 9.17) is 32.4 Å². The number of carbonyl (C=O) groups is 1. The molecular formula is C19H25Cl2N3O5S. The summed E-state index contributed by atoms with van der Waals surface area (Å²) in [6, 6.07) is 3.82. The molecule has 1 aromatic heterocycles. The molecule has 0 fully saturated rings. The lowest BCUT2D eigenvalue weighted by molar-refractivity contribution is 0.0487. The zero-order chi connectivity index (χ0) is 22.7. The molecule has 1 amide bonds. The largest absolute Gasteiger partial charge is 0.444 e. The Kier molecular flexibility index (Phi) is 7.76. The van der Waals surface area contributed by atoms with E-state index in [9.17, 15) is 13.2 Å². The number of halogens is 2. The van der Waals surface area contributed by atoms with E-state index in [0.29, 0.717) is 17.0 Å². The number of nitrogens with one attached hydrogen (secondary N) is 1. The predicted octanol–water partition coefficient (Wildman–Crippen LogP) is 4.96. The van der Waals surface area contributed by atoms with Gasteiger partial charge >= 0.3 is 11.3 Å². The number of carbonyl (C=O) groups excluding carboxylic acids is 1. The first-order valence-corrected chi connectivity index (χ1v) is 11.7. The first-order valence-electron chi connectivity index (χ1n) is 9.26. The molecule has 1 N–H and O–H groups in total. The lowest BCUT2D eigenvalue weighted by Gasteiger charge is -2.22. The zero-order valence-electron chi connectivity index (χ0n) is 17.4. The average Bonchev–Trinajstić information content (AvgIpc) is 3.05. The monoisotopic (exact) mass is 477 g/mol. The van der Waals surface area contributed by atoms with Crippen LogP contribution in [0.25, 0.3) is 0 Å². The lowest BCUT2D eigenvalue weighted by atomic mass is 10.0. The van der Waals surface area contributed by atoms with Crippen LogP contribution in [0.5, 0.6) is 0 Å². The van der Waals surface area contributed by atoms with Crippen molar-refractivity contribution in [1.29, 1.82) is 0 Å². The fraction of sp³-hybridized carbons (Fsp3) is 0.526. The highest BCUT2D eigenvalue weighted by molar-refractivity contribution is 7.90. The van der Waals surface area contributed by atoms with Crippen molar-refractivity contribution < 1.29 is 22.4 Å². The topological polar surface area (TPSA) is 111 Å². The molecule has 30 heavy (non-hydrogen) atoms.